The molecule has 7 heteroatoms. The van der Waals surface area contributed by atoms with Crippen LogP contribution in [0.25, 0.3) is 0 Å². The van der Waals surface area contributed by atoms with Gasteiger partial charge in [0, 0.05) is 51.2 Å². The van der Waals surface area contributed by atoms with Crippen molar-refractivity contribution >= 4 is 17.5 Å². The number of nitrogens with zero attached hydrogens (tertiary/aromatic N) is 2. The fourth-order valence-electron chi connectivity index (χ4n) is 3.32. The van der Waals surface area contributed by atoms with Crippen LogP contribution in [0.15, 0.2) is 35.1 Å². The molecule has 3 rings (SSSR count). The van der Waals surface area contributed by atoms with E-state index in [0.717, 1.165) is 24.1 Å². The molecule has 1 aromatic heterocycles. The van der Waals surface area contributed by atoms with Crippen molar-refractivity contribution in [3.05, 3.63) is 62.8 Å². The quantitative estimate of drug-likeness (QED) is 0.763. The molecule has 0 spiro atoms. The molecule has 1 amide bonds. The number of aryl methyl sites for hydroxylation is 2. The van der Waals surface area contributed by atoms with Gasteiger partial charge in [-0.1, -0.05) is 17.7 Å². The number of carbonyl (C=O) groups excluding carboxylic acids is 1. The van der Waals surface area contributed by atoms with Crippen molar-refractivity contribution in [2.45, 2.75) is 38.7 Å². The minimum atomic E-state index is -0.453. The molecule has 1 saturated heterocycles. The van der Waals surface area contributed by atoms with Crippen LogP contribution >= 0.6 is 11.6 Å². The van der Waals surface area contributed by atoms with Gasteiger partial charge in [0.15, 0.2) is 0 Å². The van der Waals surface area contributed by atoms with Gasteiger partial charge >= 0.3 is 0 Å². The minimum Gasteiger partial charge on any atom is -0.490 e. The van der Waals surface area contributed by atoms with E-state index in [1.807, 2.05) is 17.9 Å². The van der Waals surface area contributed by atoms with Crippen LogP contribution in [0, 0.1) is 12.7 Å². The minimum absolute atomic E-state index is 0.00791. The molecule has 1 aliphatic heterocycles. The van der Waals surface area contributed by atoms with Gasteiger partial charge in [-0.25, -0.2) is 4.39 Å². The summed E-state index contributed by atoms with van der Waals surface area (Å²) in [6.45, 7) is 3.11. The summed E-state index contributed by atoms with van der Waals surface area (Å²) in [6.07, 6.45) is 2.33. The van der Waals surface area contributed by atoms with Crippen molar-refractivity contribution in [3.8, 4) is 5.75 Å². The van der Waals surface area contributed by atoms with Crippen LogP contribution in [0.1, 0.15) is 30.5 Å². The highest BCUT2D eigenvalue weighted by atomic mass is 35.5. The number of hydrogen-bond acceptors (Lipinski definition) is 3. The van der Waals surface area contributed by atoms with Gasteiger partial charge in [-0.15, -0.1) is 0 Å². The molecular weight excluding hydrogens is 383 g/mol. The maximum atomic E-state index is 13.2. The van der Waals surface area contributed by atoms with Crippen molar-refractivity contribution in [1.29, 1.82) is 0 Å². The second kappa shape index (κ2) is 8.78. The highest BCUT2D eigenvalue weighted by molar-refractivity contribution is 6.30. The molecule has 1 aromatic carbocycles. The molecule has 1 aliphatic rings. The molecule has 0 bridgehead atoms. The zero-order valence-electron chi connectivity index (χ0n) is 16.1. The van der Waals surface area contributed by atoms with Gasteiger partial charge in [-0.05, 0) is 37.1 Å². The lowest BCUT2D eigenvalue weighted by molar-refractivity contribution is -0.132. The molecular formula is C21H24ClFN2O3. The third-order valence-electron chi connectivity index (χ3n) is 5.19. The van der Waals surface area contributed by atoms with Crippen LogP contribution in [0.5, 0.6) is 5.75 Å². The van der Waals surface area contributed by atoms with Crippen LogP contribution < -0.4 is 10.3 Å². The Bertz CT molecular complexity index is 920. The number of halogens is 2. The summed E-state index contributed by atoms with van der Waals surface area (Å²) >= 11 is 5.78. The molecule has 150 valence electrons. The number of aromatic nitrogens is 1. The summed E-state index contributed by atoms with van der Waals surface area (Å²) < 4.78 is 20.7. The number of benzene rings is 1. The maximum Gasteiger partial charge on any atom is 0.254 e. The molecule has 2 aromatic rings. The first-order chi connectivity index (χ1) is 13.3. The van der Waals surface area contributed by atoms with Crippen molar-refractivity contribution in [3.63, 3.8) is 0 Å². The molecule has 2 heterocycles. The number of likely N-dealkylation sites (tertiary alicyclic amines) is 1. The maximum absolute atomic E-state index is 13.2. The molecule has 0 N–H and O–H groups in total. The Labute approximate surface area is 168 Å². The molecule has 0 unspecified atom stereocenters. The predicted molar refractivity (Wildman–Crippen MR) is 106 cm³/mol. The van der Waals surface area contributed by atoms with Crippen LogP contribution in [0.2, 0.25) is 5.02 Å². The molecule has 28 heavy (non-hydrogen) atoms. The summed E-state index contributed by atoms with van der Waals surface area (Å²) in [5, 5.41) is 0.0777. The predicted octanol–water partition coefficient (Wildman–Crippen LogP) is 3.49. The zero-order chi connectivity index (χ0) is 20.3. The average molecular weight is 407 g/mol. The third kappa shape index (κ3) is 4.93. The highest BCUT2D eigenvalue weighted by Gasteiger charge is 2.24. The van der Waals surface area contributed by atoms with Crippen LogP contribution in [0.3, 0.4) is 0 Å². The number of carbonyl (C=O) groups is 1. The summed E-state index contributed by atoms with van der Waals surface area (Å²) in [6, 6.07) is 7.89. The van der Waals surface area contributed by atoms with E-state index in [1.165, 1.54) is 12.1 Å². The number of ether oxygens (including phenoxy) is 1. The summed E-state index contributed by atoms with van der Waals surface area (Å²) in [5.41, 5.74) is 1.60. The van der Waals surface area contributed by atoms with Crippen molar-refractivity contribution < 1.29 is 13.9 Å². The first-order valence-corrected chi connectivity index (χ1v) is 9.77. The van der Waals surface area contributed by atoms with Gasteiger partial charge in [-0.3, -0.25) is 9.59 Å². The average Bonchev–Trinajstić information content (AvgIpc) is 2.67. The molecule has 5 nitrogen and oxygen atoms in total. The van der Waals surface area contributed by atoms with Crippen LogP contribution in [0.4, 0.5) is 4.39 Å². The molecule has 0 aliphatic carbocycles. The standard InChI is InChI=1S/C21H24ClFN2O3/c1-14-11-17(13-21(27)24(14)2)28-16-7-9-25(10-8-16)20(26)6-4-15-3-5-19(23)18(22)12-15/h3,5,11-13,16H,4,6-10H2,1-2H3. The Kier molecular flexibility index (Phi) is 6.39. The van der Waals surface area contributed by atoms with Gasteiger partial charge < -0.3 is 14.2 Å². The number of piperidine rings is 1. The Morgan fingerprint density at radius 2 is 1.96 bits per heavy atom. The first kappa shape index (κ1) is 20.4. The van der Waals surface area contributed by atoms with Gasteiger partial charge in [-0.2, -0.15) is 0 Å². The molecule has 0 atom stereocenters. The van der Waals surface area contributed by atoms with Crippen molar-refractivity contribution in [2.75, 3.05) is 13.1 Å². The fourth-order valence-corrected chi connectivity index (χ4v) is 3.53. The Balaban J connectivity index is 1.48. The van der Waals surface area contributed by atoms with Gasteiger partial charge in [0.2, 0.25) is 5.91 Å². The van der Waals surface area contributed by atoms with Crippen molar-refractivity contribution in [2.24, 2.45) is 7.05 Å². The lowest BCUT2D eigenvalue weighted by Gasteiger charge is -2.32. The highest BCUT2D eigenvalue weighted by Crippen LogP contribution is 2.20. The Hall–Kier alpha value is -2.34. The van der Waals surface area contributed by atoms with Gasteiger partial charge in [0.1, 0.15) is 17.7 Å². The van der Waals surface area contributed by atoms with E-state index in [0.29, 0.717) is 31.7 Å². The monoisotopic (exact) mass is 406 g/mol. The normalized spacial score (nSPS) is 14.9. The van der Waals surface area contributed by atoms with Crippen LogP contribution in [-0.4, -0.2) is 34.6 Å². The lowest BCUT2D eigenvalue weighted by Crippen LogP contribution is -2.42. The van der Waals surface area contributed by atoms with E-state index < -0.39 is 5.82 Å². The molecule has 1 fully saturated rings. The second-order valence-corrected chi connectivity index (χ2v) is 7.58. The number of pyridine rings is 1. The fraction of sp³-hybridized carbons (Fsp3) is 0.429. The SMILES string of the molecule is Cc1cc(OC2CCN(C(=O)CCc3ccc(F)c(Cl)c3)CC2)cc(=O)n1C. The first-order valence-electron chi connectivity index (χ1n) is 9.39. The zero-order valence-corrected chi connectivity index (χ0v) is 16.8. The Morgan fingerprint density at radius 1 is 1.25 bits per heavy atom. The number of hydrogen-bond donors (Lipinski definition) is 0. The smallest absolute Gasteiger partial charge is 0.254 e. The van der Waals surface area contributed by atoms with E-state index in [2.05, 4.69) is 0 Å². The summed E-state index contributed by atoms with van der Waals surface area (Å²) in [7, 11) is 1.73. The Morgan fingerprint density at radius 3 is 2.61 bits per heavy atom. The molecule has 0 radical (unpaired) electrons. The number of amides is 1. The van der Waals surface area contributed by atoms with Gasteiger partial charge in [0.05, 0.1) is 5.02 Å². The van der Waals surface area contributed by atoms with E-state index in [4.69, 9.17) is 16.3 Å². The van der Waals surface area contributed by atoms with E-state index in [1.54, 1.807) is 23.7 Å². The van der Waals surface area contributed by atoms with E-state index >= 15 is 0 Å². The number of rotatable bonds is 5. The van der Waals surface area contributed by atoms with Crippen LogP contribution in [-0.2, 0) is 18.3 Å². The lowest BCUT2D eigenvalue weighted by atomic mass is 10.1. The van der Waals surface area contributed by atoms with E-state index in [9.17, 15) is 14.0 Å². The van der Waals surface area contributed by atoms with Crippen molar-refractivity contribution in [1.82, 2.24) is 9.47 Å². The second-order valence-electron chi connectivity index (χ2n) is 7.18. The molecule has 0 saturated carbocycles. The summed E-state index contributed by atoms with van der Waals surface area (Å²) in [5.74, 6) is 0.201. The largest absolute Gasteiger partial charge is 0.490 e. The summed E-state index contributed by atoms with van der Waals surface area (Å²) in [4.78, 5) is 26.2. The topological polar surface area (TPSA) is 51.5 Å². The van der Waals surface area contributed by atoms with E-state index in [-0.39, 0.29) is 22.6 Å². The van der Waals surface area contributed by atoms with Gasteiger partial charge in [0.25, 0.3) is 5.56 Å². The third-order valence-corrected chi connectivity index (χ3v) is 5.48.